The lowest BCUT2D eigenvalue weighted by Gasteiger charge is -2.42. The molecule has 5 rings (SSSR count). The van der Waals surface area contributed by atoms with E-state index in [0.29, 0.717) is 24.3 Å². The zero-order chi connectivity index (χ0) is 27.8. The number of rotatable bonds is 6. The highest BCUT2D eigenvalue weighted by Crippen LogP contribution is 2.49. The number of aliphatic hydroxyl groups excluding tert-OH is 1. The van der Waals surface area contributed by atoms with E-state index in [1.54, 1.807) is 50.2 Å². The van der Waals surface area contributed by atoms with Crippen molar-refractivity contribution in [2.24, 2.45) is 0 Å². The van der Waals surface area contributed by atoms with Crippen LogP contribution in [0.5, 0.6) is 0 Å². The number of aryl methyl sites for hydroxylation is 1. The molecule has 40 heavy (non-hydrogen) atoms. The van der Waals surface area contributed by atoms with Gasteiger partial charge in [0, 0.05) is 29.9 Å². The number of benzene rings is 2. The number of nitrogens with zero attached hydrogens (tertiary/aromatic N) is 3. The van der Waals surface area contributed by atoms with Crippen LogP contribution in [-0.4, -0.2) is 50.2 Å². The molecule has 1 aromatic heterocycles. The molecule has 1 unspecified atom stereocenters. The van der Waals surface area contributed by atoms with Gasteiger partial charge in [-0.05, 0) is 68.9 Å². The summed E-state index contributed by atoms with van der Waals surface area (Å²) in [6.45, 7) is 3.33. The summed E-state index contributed by atoms with van der Waals surface area (Å²) in [6.07, 6.45) is -2.03. The number of fused-ring (bicyclic) bond motifs is 1. The average Bonchev–Trinajstić information content (AvgIpc) is 3.33. The molecule has 214 valence electrons. The van der Waals surface area contributed by atoms with Crippen LogP contribution in [-0.2, 0) is 23.2 Å². The average molecular weight is 576 g/mol. The summed E-state index contributed by atoms with van der Waals surface area (Å²) in [6, 6.07) is 13.7. The summed E-state index contributed by atoms with van der Waals surface area (Å²) >= 11 is 0. The number of likely N-dealkylation sites (tertiary alicyclic amines) is 1. The van der Waals surface area contributed by atoms with Crippen molar-refractivity contribution in [2.75, 3.05) is 10.6 Å². The first-order chi connectivity index (χ1) is 18.6. The number of carbonyl (C=O) groups is 1. The fourth-order valence-electron chi connectivity index (χ4n) is 6.04. The number of hydrogen-bond acceptors (Lipinski definition) is 6. The maximum Gasteiger partial charge on any atom is 0.404 e. The third kappa shape index (κ3) is 5.66. The van der Waals surface area contributed by atoms with Crippen molar-refractivity contribution in [3.63, 3.8) is 0 Å². The van der Waals surface area contributed by atoms with Gasteiger partial charge in [0.25, 0.3) is 5.91 Å². The van der Waals surface area contributed by atoms with Gasteiger partial charge in [-0.3, -0.25) is 9.69 Å². The molecule has 1 saturated heterocycles. The van der Waals surface area contributed by atoms with Gasteiger partial charge in [0.1, 0.15) is 23.7 Å². The second-order valence-electron chi connectivity index (χ2n) is 10.5. The minimum absolute atomic E-state index is 0. The molecule has 1 amide bonds. The van der Waals surface area contributed by atoms with E-state index in [4.69, 9.17) is 0 Å². The van der Waals surface area contributed by atoms with Crippen LogP contribution in [0.1, 0.15) is 49.9 Å². The predicted octanol–water partition coefficient (Wildman–Crippen LogP) is 5.76. The zero-order valence-electron chi connectivity index (χ0n) is 22.3. The van der Waals surface area contributed by atoms with Gasteiger partial charge in [-0.25, -0.2) is 9.97 Å². The topological polar surface area (TPSA) is 90.4 Å². The Kier molecular flexibility index (Phi) is 8.72. The number of aromatic nitrogens is 2. The Morgan fingerprint density at radius 2 is 1.85 bits per heavy atom. The number of anilines is 3. The van der Waals surface area contributed by atoms with Crippen LogP contribution in [0.3, 0.4) is 0 Å². The van der Waals surface area contributed by atoms with Crippen LogP contribution in [0.15, 0.2) is 60.9 Å². The van der Waals surface area contributed by atoms with Crippen LogP contribution in [0.25, 0.3) is 0 Å². The highest BCUT2D eigenvalue weighted by atomic mass is 35.5. The number of amides is 1. The smallest absolute Gasteiger partial charge is 0.393 e. The monoisotopic (exact) mass is 575 g/mol. The molecule has 1 aliphatic heterocycles. The maximum atomic E-state index is 14.2. The highest BCUT2D eigenvalue weighted by molar-refractivity contribution is 5.99. The molecule has 1 aliphatic carbocycles. The molecule has 3 N–H and O–H groups in total. The fraction of sp³-hybridized carbons (Fsp3) is 0.414. The Labute approximate surface area is 237 Å². The zero-order valence-corrected chi connectivity index (χ0v) is 23.1. The Hall–Kier alpha value is -3.21. The minimum Gasteiger partial charge on any atom is -0.393 e. The number of carbonyl (C=O) groups excluding carboxylic acids is 1. The molecule has 0 spiro atoms. The van der Waals surface area contributed by atoms with Gasteiger partial charge in [-0.1, -0.05) is 30.3 Å². The third-order valence-corrected chi connectivity index (χ3v) is 7.71. The SMILES string of the molecule is CC(C)N1C(C(F)(F)F)CC[C@@]1(C(=O)Nc1ccccc1)c1cc(Nc2cccc3c2C[C@@H](O)CC3)ncn1.Cl. The molecule has 2 aliphatic rings. The molecule has 0 radical (unpaired) electrons. The molecule has 1 fully saturated rings. The van der Waals surface area contributed by atoms with Gasteiger partial charge >= 0.3 is 6.18 Å². The quantitative estimate of drug-likeness (QED) is 0.346. The number of nitrogens with one attached hydrogen (secondary N) is 2. The molecule has 7 nitrogen and oxygen atoms in total. The van der Waals surface area contributed by atoms with E-state index in [1.807, 2.05) is 18.2 Å². The standard InChI is InChI=1S/C29H32F3N5O2.ClH/c1-18(2)37-25(29(30,31)32)13-14-28(37,27(39)35-20-8-4-3-5-9-20)24-16-26(34-17-33-24)36-23-10-6-7-19-11-12-21(38)15-22(19)23;/h3-10,16-18,21,25,38H,11-15H2,1-2H3,(H,35,39)(H,33,34,36);1H/t21-,25?,28-;/m0./s1. The second kappa shape index (κ2) is 11.7. The van der Waals surface area contributed by atoms with Gasteiger partial charge in [0.05, 0.1) is 11.8 Å². The normalized spacial score (nSPS) is 22.9. The summed E-state index contributed by atoms with van der Waals surface area (Å²) in [7, 11) is 0. The summed E-state index contributed by atoms with van der Waals surface area (Å²) in [5.41, 5.74) is 1.89. The first kappa shape index (κ1) is 29.8. The van der Waals surface area contributed by atoms with Crippen LogP contribution in [0.4, 0.5) is 30.4 Å². The van der Waals surface area contributed by atoms with Crippen molar-refractivity contribution in [2.45, 2.75) is 75.9 Å². The third-order valence-electron chi connectivity index (χ3n) is 7.71. The van der Waals surface area contributed by atoms with Crippen molar-refractivity contribution >= 4 is 35.5 Å². The van der Waals surface area contributed by atoms with E-state index < -0.39 is 35.8 Å². The van der Waals surface area contributed by atoms with E-state index in [9.17, 15) is 23.1 Å². The molecule has 2 heterocycles. The van der Waals surface area contributed by atoms with Gasteiger partial charge in [0.2, 0.25) is 0 Å². The van der Waals surface area contributed by atoms with Crippen molar-refractivity contribution in [1.82, 2.24) is 14.9 Å². The van der Waals surface area contributed by atoms with E-state index in [0.717, 1.165) is 23.2 Å². The molecular formula is C29H33ClF3N5O2. The largest absolute Gasteiger partial charge is 0.404 e. The Morgan fingerprint density at radius 3 is 2.55 bits per heavy atom. The van der Waals surface area contributed by atoms with E-state index >= 15 is 0 Å². The minimum atomic E-state index is -4.52. The Balaban J connectivity index is 0.00000370. The molecule has 3 atom stereocenters. The first-order valence-electron chi connectivity index (χ1n) is 13.2. The second-order valence-corrected chi connectivity index (χ2v) is 10.5. The number of aliphatic hydroxyl groups is 1. The molecular weight excluding hydrogens is 543 g/mol. The van der Waals surface area contributed by atoms with Crippen molar-refractivity contribution in [3.8, 4) is 0 Å². The number of para-hydroxylation sites is 1. The fourth-order valence-corrected chi connectivity index (χ4v) is 6.04. The molecule has 0 saturated carbocycles. The summed E-state index contributed by atoms with van der Waals surface area (Å²) in [5.74, 6) is -0.210. The van der Waals surface area contributed by atoms with Crippen molar-refractivity contribution < 1.29 is 23.1 Å². The van der Waals surface area contributed by atoms with E-state index in [2.05, 4.69) is 20.6 Å². The summed E-state index contributed by atoms with van der Waals surface area (Å²) in [5, 5.41) is 16.3. The molecule has 11 heteroatoms. The van der Waals surface area contributed by atoms with E-state index in [1.165, 1.54) is 11.2 Å². The number of halogens is 4. The van der Waals surface area contributed by atoms with Crippen LogP contribution >= 0.6 is 12.4 Å². The Bertz CT molecular complexity index is 1340. The number of alkyl halides is 3. The van der Waals surface area contributed by atoms with Crippen LogP contribution in [0, 0.1) is 0 Å². The van der Waals surface area contributed by atoms with Gasteiger partial charge in [0.15, 0.2) is 0 Å². The highest BCUT2D eigenvalue weighted by Gasteiger charge is 2.61. The molecule has 3 aromatic rings. The lowest BCUT2D eigenvalue weighted by atomic mass is 9.88. The predicted molar refractivity (Wildman–Crippen MR) is 150 cm³/mol. The number of hydrogen-bond donors (Lipinski definition) is 3. The van der Waals surface area contributed by atoms with Gasteiger partial charge in [-0.2, -0.15) is 13.2 Å². The van der Waals surface area contributed by atoms with Crippen LogP contribution in [0.2, 0.25) is 0 Å². The van der Waals surface area contributed by atoms with E-state index in [-0.39, 0.29) is 30.9 Å². The maximum absolute atomic E-state index is 14.2. The summed E-state index contributed by atoms with van der Waals surface area (Å²) < 4.78 is 42.7. The molecule has 2 aromatic carbocycles. The lowest BCUT2D eigenvalue weighted by molar-refractivity contribution is -0.191. The lowest BCUT2D eigenvalue weighted by Crippen LogP contribution is -2.58. The Morgan fingerprint density at radius 1 is 1.10 bits per heavy atom. The van der Waals surface area contributed by atoms with Crippen molar-refractivity contribution in [1.29, 1.82) is 0 Å². The molecule has 0 bridgehead atoms. The summed E-state index contributed by atoms with van der Waals surface area (Å²) in [4.78, 5) is 24.0. The van der Waals surface area contributed by atoms with Crippen LogP contribution < -0.4 is 10.6 Å². The van der Waals surface area contributed by atoms with Gasteiger partial charge < -0.3 is 15.7 Å². The van der Waals surface area contributed by atoms with Crippen molar-refractivity contribution in [3.05, 3.63) is 77.7 Å². The first-order valence-corrected chi connectivity index (χ1v) is 13.2. The van der Waals surface area contributed by atoms with Gasteiger partial charge in [-0.15, -0.1) is 12.4 Å².